The summed E-state index contributed by atoms with van der Waals surface area (Å²) in [7, 11) is 0. The molecule has 0 aromatic carbocycles. The van der Waals surface area contributed by atoms with Crippen molar-refractivity contribution in [2.45, 2.75) is 225 Å². The van der Waals surface area contributed by atoms with Crippen LogP contribution in [0.5, 0.6) is 0 Å². The molecule has 0 aliphatic rings. The fourth-order valence-electron chi connectivity index (χ4n) is 7.37. The molecule has 0 rings (SSSR count). The number of aliphatic hydroxyl groups excluding tert-OH is 1. The van der Waals surface area contributed by atoms with Gasteiger partial charge in [0.25, 0.3) is 0 Å². The van der Waals surface area contributed by atoms with E-state index in [1.54, 1.807) is 0 Å². The van der Waals surface area contributed by atoms with E-state index in [0.29, 0.717) is 12.8 Å². The molecule has 0 aromatic rings. The second-order valence-corrected chi connectivity index (χ2v) is 18.6. The van der Waals surface area contributed by atoms with Crippen molar-refractivity contribution in [2.75, 3.05) is 13.2 Å². The highest BCUT2D eigenvalue weighted by Crippen LogP contribution is 2.13. The monoisotopic (exact) mass is 1010 g/mol. The van der Waals surface area contributed by atoms with Crippen molar-refractivity contribution in [2.24, 2.45) is 0 Å². The van der Waals surface area contributed by atoms with Crippen molar-refractivity contribution in [1.82, 2.24) is 0 Å². The van der Waals surface area contributed by atoms with Crippen LogP contribution in [0.1, 0.15) is 219 Å². The zero-order valence-corrected chi connectivity index (χ0v) is 47.0. The van der Waals surface area contributed by atoms with Crippen LogP contribution < -0.4 is 0 Å². The maximum absolute atomic E-state index is 12.3. The van der Waals surface area contributed by atoms with Gasteiger partial charge in [0.05, 0.1) is 6.61 Å². The van der Waals surface area contributed by atoms with Crippen LogP contribution in [0.3, 0.4) is 0 Å². The zero-order valence-electron chi connectivity index (χ0n) is 47.0. The molecule has 5 heteroatoms. The first-order chi connectivity index (χ1) is 36.6. The summed E-state index contributed by atoms with van der Waals surface area (Å²) in [5.74, 6) is -0.635. The molecular formula is C69H106O5. The van der Waals surface area contributed by atoms with Crippen LogP contribution in [0.25, 0.3) is 0 Å². The number of ether oxygens (including phenoxy) is 2. The number of hydrogen-bond acceptors (Lipinski definition) is 5. The highest BCUT2D eigenvalue weighted by atomic mass is 16.6. The second-order valence-electron chi connectivity index (χ2n) is 18.6. The topological polar surface area (TPSA) is 72.8 Å². The Morgan fingerprint density at radius 3 is 0.811 bits per heavy atom. The van der Waals surface area contributed by atoms with Gasteiger partial charge in [-0.2, -0.15) is 0 Å². The molecule has 0 amide bonds. The summed E-state index contributed by atoms with van der Waals surface area (Å²) in [5.41, 5.74) is 0. The summed E-state index contributed by atoms with van der Waals surface area (Å²) < 4.78 is 10.7. The van der Waals surface area contributed by atoms with Gasteiger partial charge in [0.1, 0.15) is 6.61 Å². The van der Waals surface area contributed by atoms with Gasteiger partial charge in [0.15, 0.2) is 6.10 Å². The average Bonchev–Trinajstić information content (AvgIpc) is 3.40. The van der Waals surface area contributed by atoms with Gasteiger partial charge in [0.2, 0.25) is 0 Å². The van der Waals surface area contributed by atoms with Crippen LogP contribution >= 0.6 is 0 Å². The van der Waals surface area contributed by atoms with E-state index >= 15 is 0 Å². The van der Waals surface area contributed by atoms with Crippen molar-refractivity contribution in [1.29, 1.82) is 0 Å². The first-order valence-corrected chi connectivity index (χ1v) is 29.3. The van der Waals surface area contributed by atoms with Crippen molar-refractivity contribution < 1.29 is 24.2 Å². The van der Waals surface area contributed by atoms with E-state index in [2.05, 4.69) is 196 Å². The number of carbonyl (C=O) groups excluding carboxylic acids is 2. The van der Waals surface area contributed by atoms with Crippen LogP contribution in [-0.4, -0.2) is 36.4 Å². The lowest BCUT2D eigenvalue weighted by molar-refractivity contribution is -0.161. The Kier molecular flexibility index (Phi) is 58.1. The molecule has 0 heterocycles. The number of esters is 2. The van der Waals surface area contributed by atoms with E-state index in [1.807, 2.05) is 0 Å². The molecule has 0 aliphatic heterocycles. The standard InChI is InChI=1S/C69H106O5/c1-3-5-7-9-11-13-15-17-19-21-23-25-27-29-30-31-32-33-34-35-36-37-38-40-42-44-46-48-50-52-54-56-58-60-62-64-69(72)74-67(65-70)66-73-68(71)63-61-59-57-55-53-51-49-47-45-43-41-39-28-26-24-22-20-18-16-14-12-10-8-6-4-2/h5-8,11-14,17-20,23-26,29-30,32-33,35-36,38-41,44-47,67,70H,3-4,9-10,15-16,21-22,27-28,31,34,37,42-43,48-66H2,1-2H3/b7-5-,8-6-,13-11-,14-12-,19-17-,20-18-,25-23-,26-24-,30-29-,33-32-,36-35-,40-38-,41-39-,46-44-,47-45-. The molecular weight excluding hydrogens is 909 g/mol. The first-order valence-electron chi connectivity index (χ1n) is 29.3. The lowest BCUT2D eigenvalue weighted by Crippen LogP contribution is -2.28. The van der Waals surface area contributed by atoms with Gasteiger partial charge in [-0.05, 0) is 135 Å². The lowest BCUT2D eigenvalue weighted by Gasteiger charge is -2.15. The van der Waals surface area contributed by atoms with Gasteiger partial charge in [0, 0.05) is 12.8 Å². The molecule has 5 nitrogen and oxygen atoms in total. The predicted octanol–water partition coefficient (Wildman–Crippen LogP) is 20.3. The van der Waals surface area contributed by atoms with E-state index in [-0.39, 0.29) is 25.2 Å². The maximum atomic E-state index is 12.3. The molecule has 1 atom stereocenters. The van der Waals surface area contributed by atoms with Crippen molar-refractivity contribution in [3.63, 3.8) is 0 Å². The van der Waals surface area contributed by atoms with Gasteiger partial charge in [-0.1, -0.05) is 254 Å². The third-order valence-electron chi connectivity index (χ3n) is 11.7. The maximum Gasteiger partial charge on any atom is 0.306 e. The fraction of sp³-hybridized carbons (Fsp3) is 0.536. The molecule has 0 radical (unpaired) electrons. The minimum atomic E-state index is -0.801. The number of carbonyl (C=O) groups is 2. The Bertz CT molecular complexity index is 1720. The van der Waals surface area contributed by atoms with Crippen LogP contribution in [0, 0.1) is 0 Å². The Labute approximate surface area is 455 Å². The van der Waals surface area contributed by atoms with Gasteiger partial charge < -0.3 is 14.6 Å². The smallest absolute Gasteiger partial charge is 0.306 e. The zero-order chi connectivity index (χ0) is 53.4. The van der Waals surface area contributed by atoms with E-state index in [4.69, 9.17) is 9.47 Å². The molecule has 0 saturated carbocycles. The molecule has 0 bridgehead atoms. The summed E-state index contributed by atoms with van der Waals surface area (Å²) in [5, 5.41) is 9.66. The minimum Gasteiger partial charge on any atom is -0.462 e. The second kappa shape index (κ2) is 62.3. The summed E-state index contributed by atoms with van der Waals surface area (Å²) in [6.07, 6.45) is 98.5. The van der Waals surface area contributed by atoms with Crippen LogP contribution in [0.15, 0.2) is 182 Å². The number of hydrogen-bond donors (Lipinski definition) is 1. The van der Waals surface area contributed by atoms with E-state index in [9.17, 15) is 14.7 Å². The molecule has 0 aliphatic carbocycles. The Morgan fingerprint density at radius 2 is 0.541 bits per heavy atom. The minimum absolute atomic E-state index is 0.0913. The van der Waals surface area contributed by atoms with Gasteiger partial charge in [-0.25, -0.2) is 0 Å². The van der Waals surface area contributed by atoms with E-state index in [0.717, 1.165) is 148 Å². The van der Waals surface area contributed by atoms with Crippen LogP contribution in [0.4, 0.5) is 0 Å². The molecule has 1 N–H and O–H groups in total. The molecule has 0 saturated heterocycles. The summed E-state index contributed by atoms with van der Waals surface area (Å²) in [6.45, 7) is 3.88. The van der Waals surface area contributed by atoms with Crippen LogP contribution in [0.2, 0.25) is 0 Å². The Hall–Kier alpha value is -5.00. The molecule has 0 aromatic heterocycles. The SMILES string of the molecule is CC/C=C\C/C=C\C/C=C\C/C=C\C/C=C\C/C=C\C/C=C\C/C=C\C/C=C\CCCCCCCCCC(=O)OC(CO)COC(=O)CCCCCCCC/C=C\C/C=C\C/C=C\C/C=C\C/C=C\C/C=C\CC. The normalized spacial score (nSPS) is 13.6. The van der Waals surface area contributed by atoms with Gasteiger partial charge in [-0.15, -0.1) is 0 Å². The molecule has 1 unspecified atom stereocenters. The molecule has 74 heavy (non-hydrogen) atoms. The number of allylic oxidation sites excluding steroid dienone is 30. The molecule has 0 fully saturated rings. The first kappa shape index (κ1) is 69.0. The summed E-state index contributed by atoms with van der Waals surface area (Å²) in [6, 6.07) is 0. The lowest BCUT2D eigenvalue weighted by atomic mass is 10.1. The molecule has 0 spiro atoms. The fourth-order valence-corrected chi connectivity index (χ4v) is 7.37. The Balaban J connectivity index is 3.66. The number of unbranched alkanes of at least 4 members (excludes halogenated alkanes) is 13. The number of rotatable bonds is 51. The van der Waals surface area contributed by atoms with Crippen molar-refractivity contribution >= 4 is 11.9 Å². The average molecular weight is 1020 g/mol. The highest BCUT2D eigenvalue weighted by molar-refractivity contribution is 5.70. The Morgan fingerprint density at radius 1 is 0.311 bits per heavy atom. The third kappa shape index (κ3) is 59.6. The highest BCUT2D eigenvalue weighted by Gasteiger charge is 2.16. The quantitative estimate of drug-likeness (QED) is 0.0373. The van der Waals surface area contributed by atoms with E-state index in [1.165, 1.54) is 44.9 Å². The van der Waals surface area contributed by atoms with E-state index < -0.39 is 6.10 Å². The summed E-state index contributed by atoms with van der Waals surface area (Å²) >= 11 is 0. The third-order valence-corrected chi connectivity index (χ3v) is 11.7. The predicted molar refractivity (Wildman–Crippen MR) is 324 cm³/mol. The van der Waals surface area contributed by atoms with Gasteiger partial charge in [-0.3, -0.25) is 9.59 Å². The number of aliphatic hydroxyl groups is 1. The summed E-state index contributed by atoms with van der Waals surface area (Å²) in [4.78, 5) is 24.6. The van der Waals surface area contributed by atoms with Crippen molar-refractivity contribution in [3.8, 4) is 0 Å². The van der Waals surface area contributed by atoms with Gasteiger partial charge >= 0.3 is 11.9 Å². The van der Waals surface area contributed by atoms with Crippen LogP contribution in [-0.2, 0) is 19.1 Å². The molecule has 412 valence electrons. The van der Waals surface area contributed by atoms with Crippen molar-refractivity contribution in [3.05, 3.63) is 182 Å². The largest absolute Gasteiger partial charge is 0.462 e.